The van der Waals surface area contributed by atoms with Crippen LogP contribution in [0.1, 0.15) is 32.1 Å². The van der Waals surface area contributed by atoms with Gasteiger partial charge in [-0.3, -0.25) is 14.9 Å². The fourth-order valence-corrected chi connectivity index (χ4v) is 4.85. The van der Waals surface area contributed by atoms with E-state index in [2.05, 4.69) is 20.7 Å². The van der Waals surface area contributed by atoms with Gasteiger partial charge in [0.1, 0.15) is 11.6 Å². The molecule has 4 fully saturated rings. The molecule has 1 aromatic carbocycles. The van der Waals surface area contributed by atoms with Crippen molar-refractivity contribution in [3.8, 4) is 5.75 Å². The zero-order chi connectivity index (χ0) is 22.2. The molecule has 3 N–H and O–H groups in total. The Morgan fingerprint density at radius 2 is 2.00 bits per heavy atom. The van der Waals surface area contributed by atoms with Gasteiger partial charge in [0.15, 0.2) is 6.61 Å². The van der Waals surface area contributed by atoms with Gasteiger partial charge in [-0.05, 0) is 44.2 Å². The van der Waals surface area contributed by atoms with Crippen LogP contribution in [0.15, 0.2) is 18.2 Å². The van der Waals surface area contributed by atoms with Gasteiger partial charge >= 0.3 is 6.61 Å². The molecule has 11 heteroatoms. The molecule has 0 spiro atoms. The first kappa shape index (κ1) is 22.2. The monoisotopic (exact) mass is 461 g/mol. The summed E-state index contributed by atoms with van der Waals surface area (Å²) in [7, 11) is 0. The summed E-state index contributed by atoms with van der Waals surface area (Å²) in [6, 6.07) is 3.93. The fourth-order valence-electron chi connectivity index (χ4n) is 4.74. The highest BCUT2D eigenvalue weighted by Crippen LogP contribution is 2.67. The SMILES string of the molecule is O=C(COc1ccc(Cl)c(F)c1)NC12CC(C(=O)NC3CCC(OC(F)F)CN3)(C1)C2. The molecule has 0 aromatic heterocycles. The lowest BCUT2D eigenvalue weighted by Crippen LogP contribution is -2.79. The molecule has 2 bridgehead atoms. The van der Waals surface area contributed by atoms with Gasteiger partial charge in [-0.1, -0.05) is 11.6 Å². The molecule has 2 atom stereocenters. The smallest absolute Gasteiger partial charge is 0.345 e. The molecule has 1 heterocycles. The largest absolute Gasteiger partial charge is 0.484 e. The highest BCUT2D eigenvalue weighted by atomic mass is 35.5. The molecule has 3 saturated carbocycles. The van der Waals surface area contributed by atoms with E-state index in [1.807, 2.05) is 0 Å². The Kier molecular flexibility index (Phi) is 6.06. The van der Waals surface area contributed by atoms with Crippen molar-refractivity contribution < 1.29 is 32.2 Å². The van der Waals surface area contributed by atoms with Gasteiger partial charge in [-0.2, -0.15) is 8.78 Å². The Balaban J connectivity index is 1.17. The third-order valence-electron chi connectivity index (χ3n) is 6.15. The minimum atomic E-state index is -2.80. The van der Waals surface area contributed by atoms with Crippen molar-refractivity contribution >= 4 is 23.4 Å². The number of piperidine rings is 1. The quantitative estimate of drug-likeness (QED) is 0.553. The number of hydrogen-bond acceptors (Lipinski definition) is 5. The van der Waals surface area contributed by atoms with E-state index in [9.17, 15) is 22.8 Å². The molecule has 3 aliphatic carbocycles. The van der Waals surface area contributed by atoms with E-state index in [0.717, 1.165) is 6.07 Å². The molecule has 170 valence electrons. The zero-order valence-corrected chi connectivity index (χ0v) is 17.3. The van der Waals surface area contributed by atoms with Crippen LogP contribution in [-0.4, -0.2) is 49.4 Å². The van der Waals surface area contributed by atoms with Crippen LogP contribution in [0.4, 0.5) is 13.2 Å². The molecular weight excluding hydrogens is 439 g/mol. The maximum absolute atomic E-state index is 13.4. The Hall–Kier alpha value is -2.04. The molecule has 1 aliphatic heterocycles. The molecule has 7 nitrogen and oxygen atoms in total. The predicted octanol–water partition coefficient (Wildman–Crippen LogP) is 2.33. The van der Waals surface area contributed by atoms with Crippen molar-refractivity contribution in [1.82, 2.24) is 16.0 Å². The number of carbonyl (C=O) groups is 2. The molecule has 2 amide bonds. The number of nitrogens with one attached hydrogen (secondary N) is 3. The summed E-state index contributed by atoms with van der Waals surface area (Å²) in [6.45, 7) is -2.82. The predicted molar refractivity (Wildman–Crippen MR) is 104 cm³/mol. The molecule has 31 heavy (non-hydrogen) atoms. The maximum Gasteiger partial charge on any atom is 0.345 e. The lowest BCUT2D eigenvalue weighted by molar-refractivity contribution is -0.186. The highest BCUT2D eigenvalue weighted by Gasteiger charge is 2.72. The van der Waals surface area contributed by atoms with E-state index >= 15 is 0 Å². The van der Waals surface area contributed by atoms with Gasteiger partial charge in [0.25, 0.3) is 5.91 Å². The van der Waals surface area contributed by atoms with Gasteiger partial charge in [0.05, 0.1) is 22.7 Å². The summed E-state index contributed by atoms with van der Waals surface area (Å²) < 4.78 is 47.7. The van der Waals surface area contributed by atoms with E-state index in [-0.39, 0.29) is 41.9 Å². The Morgan fingerprint density at radius 3 is 2.61 bits per heavy atom. The lowest BCUT2D eigenvalue weighted by atomic mass is 9.39. The van der Waals surface area contributed by atoms with E-state index in [0.29, 0.717) is 32.1 Å². The first-order valence-electron chi connectivity index (χ1n) is 10.1. The van der Waals surface area contributed by atoms with Crippen molar-refractivity contribution in [1.29, 1.82) is 0 Å². The van der Waals surface area contributed by atoms with Crippen molar-refractivity contribution in [3.05, 3.63) is 29.0 Å². The molecule has 2 unspecified atom stereocenters. The molecule has 5 rings (SSSR count). The second-order valence-corrected chi connectivity index (χ2v) is 8.94. The maximum atomic E-state index is 13.4. The second-order valence-electron chi connectivity index (χ2n) is 8.53. The van der Waals surface area contributed by atoms with Gasteiger partial charge in [-0.25, -0.2) is 4.39 Å². The first-order chi connectivity index (χ1) is 14.7. The highest BCUT2D eigenvalue weighted by molar-refractivity contribution is 6.30. The van der Waals surface area contributed by atoms with Crippen LogP contribution in [-0.2, 0) is 14.3 Å². The summed E-state index contributed by atoms with van der Waals surface area (Å²) in [6.07, 6.45) is 1.72. The van der Waals surface area contributed by atoms with E-state index < -0.39 is 29.5 Å². The number of hydrogen-bond donors (Lipinski definition) is 3. The first-order valence-corrected chi connectivity index (χ1v) is 10.4. The van der Waals surface area contributed by atoms with Crippen molar-refractivity contribution in [2.45, 2.75) is 56.5 Å². The average Bonchev–Trinajstić information content (AvgIpc) is 2.65. The molecule has 1 aromatic rings. The van der Waals surface area contributed by atoms with Gasteiger partial charge < -0.3 is 20.1 Å². The zero-order valence-electron chi connectivity index (χ0n) is 16.6. The van der Waals surface area contributed by atoms with Crippen LogP contribution in [0.25, 0.3) is 0 Å². The summed E-state index contributed by atoms with van der Waals surface area (Å²) in [5.74, 6) is -0.867. The minimum Gasteiger partial charge on any atom is -0.484 e. The fraction of sp³-hybridized carbons (Fsp3) is 0.600. The normalized spacial score (nSPS) is 31.4. The third-order valence-corrected chi connectivity index (χ3v) is 6.45. The third kappa shape index (κ3) is 4.75. The van der Waals surface area contributed by atoms with Crippen molar-refractivity contribution in [2.75, 3.05) is 13.2 Å². The minimum absolute atomic E-state index is 0.0287. The number of amides is 2. The molecule has 1 saturated heterocycles. The van der Waals surface area contributed by atoms with Crippen LogP contribution in [0.5, 0.6) is 5.75 Å². The van der Waals surface area contributed by atoms with E-state index in [1.54, 1.807) is 0 Å². The van der Waals surface area contributed by atoms with Crippen LogP contribution >= 0.6 is 11.6 Å². The number of benzene rings is 1. The number of ether oxygens (including phenoxy) is 2. The van der Waals surface area contributed by atoms with Crippen molar-refractivity contribution in [2.24, 2.45) is 5.41 Å². The Morgan fingerprint density at radius 1 is 1.26 bits per heavy atom. The average molecular weight is 462 g/mol. The molecule has 0 radical (unpaired) electrons. The van der Waals surface area contributed by atoms with Gasteiger partial charge in [-0.15, -0.1) is 0 Å². The number of halogens is 4. The summed E-state index contributed by atoms with van der Waals surface area (Å²) >= 11 is 5.61. The molecule has 4 aliphatic rings. The Labute approximate surface area is 182 Å². The second kappa shape index (κ2) is 8.48. The van der Waals surface area contributed by atoms with Gasteiger partial charge in [0, 0.05) is 18.2 Å². The number of carbonyl (C=O) groups excluding carboxylic acids is 2. The van der Waals surface area contributed by atoms with Crippen LogP contribution in [0.2, 0.25) is 5.02 Å². The number of alkyl halides is 2. The summed E-state index contributed by atoms with van der Waals surface area (Å²) in [5.41, 5.74) is -0.898. The summed E-state index contributed by atoms with van der Waals surface area (Å²) in [4.78, 5) is 24.8. The van der Waals surface area contributed by atoms with Crippen LogP contribution in [0.3, 0.4) is 0 Å². The molecular formula is C20H23ClF3N3O4. The van der Waals surface area contributed by atoms with Crippen LogP contribution in [0, 0.1) is 11.2 Å². The standard InChI is InChI=1S/C20H23ClF3N3O4/c21-13-3-1-11(5-14(13)22)30-7-16(28)27-20-8-19(9-20,10-20)17(29)26-15-4-2-12(6-25-15)31-18(23)24/h1,3,5,12,15,18,25H,2,4,6-10H2,(H,26,29)(H,27,28). The topological polar surface area (TPSA) is 88.7 Å². The Bertz CT molecular complexity index is 844. The lowest BCUT2D eigenvalue weighted by Gasteiger charge is -2.69. The van der Waals surface area contributed by atoms with Gasteiger partial charge in [0.2, 0.25) is 5.91 Å². The number of rotatable bonds is 8. The van der Waals surface area contributed by atoms with E-state index in [4.69, 9.17) is 16.3 Å². The van der Waals surface area contributed by atoms with Crippen LogP contribution < -0.4 is 20.7 Å². The van der Waals surface area contributed by atoms with E-state index in [1.165, 1.54) is 12.1 Å². The summed E-state index contributed by atoms with van der Waals surface area (Å²) in [5, 5.41) is 8.80. The van der Waals surface area contributed by atoms with Crippen molar-refractivity contribution in [3.63, 3.8) is 0 Å².